The molecule has 16 heavy (non-hydrogen) atoms. The molecule has 0 atom stereocenters. The van der Waals surface area contributed by atoms with Gasteiger partial charge in [0.05, 0.1) is 25.6 Å². The smallest absolute Gasteiger partial charge is 0.149 e. The van der Waals surface area contributed by atoms with E-state index in [0.29, 0.717) is 0 Å². The molecule has 2 rings (SSSR count). The first-order chi connectivity index (χ1) is 7.90. The maximum absolute atomic E-state index is 5.31. The van der Waals surface area contributed by atoms with E-state index < -0.39 is 0 Å². The summed E-state index contributed by atoms with van der Waals surface area (Å²) in [5.41, 5.74) is 0. The summed E-state index contributed by atoms with van der Waals surface area (Å²) in [6.45, 7) is 6.40. The van der Waals surface area contributed by atoms with Crippen LogP contribution in [-0.2, 0) is 4.74 Å². The molecule has 0 amide bonds. The standard InChI is InChI=1S/C11H18N4O/c1-2-3-13-10-8-12-9-11(14-10)15-4-6-16-7-5-15/h8-9H,2-7H2,1H3,(H,13,14). The molecule has 0 bridgehead atoms. The van der Waals surface area contributed by atoms with Crippen molar-refractivity contribution >= 4 is 11.6 Å². The Morgan fingerprint density at radius 3 is 2.94 bits per heavy atom. The number of ether oxygens (including phenoxy) is 1. The zero-order valence-electron chi connectivity index (χ0n) is 9.65. The quantitative estimate of drug-likeness (QED) is 0.827. The fourth-order valence-corrected chi connectivity index (χ4v) is 1.64. The summed E-state index contributed by atoms with van der Waals surface area (Å²) >= 11 is 0. The Hall–Kier alpha value is -1.36. The number of nitrogens with one attached hydrogen (secondary N) is 1. The van der Waals surface area contributed by atoms with Crippen molar-refractivity contribution < 1.29 is 4.74 Å². The Balaban J connectivity index is 2.02. The summed E-state index contributed by atoms with van der Waals surface area (Å²) in [4.78, 5) is 10.9. The minimum atomic E-state index is 0.772. The van der Waals surface area contributed by atoms with E-state index in [4.69, 9.17) is 4.74 Å². The third-order valence-corrected chi connectivity index (χ3v) is 2.51. The number of anilines is 2. The van der Waals surface area contributed by atoms with Crippen LogP contribution < -0.4 is 10.2 Å². The highest BCUT2D eigenvalue weighted by molar-refractivity contribution is 5.43. The second-order valence-electron chi connectivity index (χ2n) is 3.79. The van der Waals surface area contributed by atoms with Crippen molar-refractivity contribution in [1.29, 1.82) is 0 Å². The first-order valence-corrected chi connectivity index (χ1v) is 5.79. The molecule has 0 aliphatic carbocycles. The molecule has 5 nitrogen and oxygen atoms in total. The summed E-state index contributed by atoms with van der Waals surface area (Å²) < 4.78 is 5.31. The van der Waals surface area contributed by atoms with E-state index in [-0.39, 0.29) is 0 Å². The van der Waals surface area contributed by atoms with Crippen LogP contribution in [0.5, 0.6) is 0 Å². The van der Waals surface area contributed by atoms with Crippen LogP contribution >= 0.6 is 0 Å². The van der Waals surface area contributed by atoms with Gasteiger partial charge in [-0.05, 0) is 6.42 Å². The highest BCUT2D eigenvalue weighted by Gasteiger charge is 2.12. The van der Waals surface area contributed by atoms with Crippen molar-refractivity contribution in [3.63, 3.8) is 0 Å². The zero-order chi connectivity index (χ0) is 11.2. The fourth-order valence-electron chi connectivity index (χ4n) is 1.64. The second kappa shape index (κ2) is 5.65. The summed E-state index contributed by atoms with van der Waals surface area (Å²) in [5, 5.41) is 3.24. The molecule has 5 heteroatoms. The van der Waals surface area contributed by atoms with E-state index in [2.05, 4.69) is 27.1 Å². The lowest BCUT2D eigenvalue weighted by Crippen LogP contribution is -2.36. The van der Waals surface area contributed by atoms with Gasteiger partial charge in [-0.15, -0.1) is 0 Å². The average molecular weight is 222 g/mol. The highest BCUT2D eigenvalue weighted by atomic mass is 16.5. The van der Waals surface area contributed by atoms with Crippen molar-refractivity contribution in [3.05, 3.63) is 12.4 Å². The predicted molar refractivity (Wildman–Crippen MR) is 63.8 cm³/mol. The minimum absolute atomic E-state index is 0.772. The van der Waals surface area contributed by atoms with Gasteiger partial charge in [0, 0.05) is 19.6 Å². The Morgan fingerprint density at radius 1 is 1.38 bits per heavy atom. The van der Waals surface area contributed by atoms with Gasteiger partial charge in [-0.25, -0.2) is 4.98 Å². The lowest BCUT2D eigenvalue weighted by atomic mass is 10.4. The highest BCUT2D eigenvalue weighted by Crippen LogP contribution is 2.13. The molecule has 0 aromatic carbocycles. The molecule has 1 aliphatic rings. The number of morpholine rings is 1. The fraction of sp³-hybridized carbons (Fsp3) is 0.636. The minimum Gasteiger partial charge on any atom is -0.378 e. The van der Waals surface area contributed by atoms with Crippen LogP contribution in [0.4, 0.5) is 11.6 Å². The maximum Gasteiger partial charge on any atom is 0.149 e. The lowest BCUT2D eigenvalue weighted by molar-refractivity contribution is 0.122. The normalized spacial score (nSPS) is 16.2. The van der Waals surface area contributed by atoms with Crippen molar-refractivity contribution in [2.45, 2.75) is 13.3 Å². The Labute approximate surface area is 95.8 Å². The lowest BCUT2D eigenvalue weighted by Gasteiger charge is -2.27. The maximum atomic E-state index is 5.31. The molecule has 88 valence electrons. The van der Waals surface area contributed by atoms with Gasteiger partial charge in [-0.3, -0.25) is 4.98 Å². The van der Waals surface area contributed by atoms with Crippen LogP contribution in [0.3, 0.4) is 0 Å². The predicted octanol–water partition coefficient (Wildman–Crippen LogP) is 1.14. The summed E-state index contributed by atoms with van der Waals surface area (Å²) in [6.07, 6.45) is 4.66. The molecule has 1 aromatic rings. The third kappa shape index (κ3) is 2.82. The van der Waals surface area contributed by atoms with Crippen LogP contribution in [0.2, 0.25) is 0 Å². The molecular formula is C11H18N4O. The van der Waals surface area contributed by atoms with E-state index in [1.807, 2.05) is 6.20 Å². The van der Waals surface area contributed by atoms with Crippen LogP contribution in [0, 0.1) is 0 Å². The van der Waals surface area contributed by atoms with Crippen molar-refractivity contribution in [3.8, 4) is 0 Å². The van der Waals surface area contributed by atoms with E-state index in [1.165, 1.54) is 0 Å². The number of rotatable bonds is 4. The van der Waals surface area contributed by atoms with Crippen molar-refractivity contribution in [1.82, 2.24) is 9.97 Å². The molecular weight excluding hydrogens is 204 g/mol. The Morgan fingerprint density at radius 2 is 2.19 bits per heavy atom. The topological polar surface area (TPSA) is 50.3 Å². The van der Waals surface area contributed by atoms with Gasteiger partial charge in [-0.1, -0.05) is 6.92 Å². The molecule has 1 N–H and O–H groups in total. The Kier molecular flexibility index (Phi) is 3.93. The summed E-state index contributed by atoms with van der Waals surface area (Å²) in [6, 6.07) is 0. The molecule has 0 spiro atoms. The van der Waals surface area contributed by atoms with Crippen LogP contribution in [-0.4, -0.2) is 42.8 Å². The average Bonchev–Trinajstić information content (AvgIpc) is 2.38. The molecule has 0 saturated carbocycles. The molecule has 1 aromatic heterocycles. The first kappa shape index (κ1) is 11.1. The van der Waals surface area contributed by atoms with Crippen molar-refractivity contribution in [2.24, 2.45) is 0 Å². The summed E-state index contributed by atoms with van der Waals surface area (Å²) in [7, 11) is 0. The number of hydrogen-bond donors (Lipinski definition) is 1. The molecule has 0 unspecified atom stereocenters. The van der Waals surface area contributed by atoms with Crippen LogP contribution in [0.1, 0.15) is 13.3 Å². The molecule has 0 radical (unpaired) electrons. The molecule has 2 heterocycles. The van der Waals surface area contributed by atoms with Crippen LogP contribution in [0.25, 0.3) is 0 Å². The number of aromatic nitrogens is 2. The summed E-state index contributed by atoms with van der Waals surface area (Å²) in [5.74, 6) is 1.79. The third-order valence-electron chi connectivity index (χ3n) is 2.51. The van der Waals surface area contributed by atoms with Gasteiger partial charge in [0.15, 0.2) is 0 Å². The first-order valence-electron chi connectivity index (χ1n) is 5.79. The molecule has 1 saturated heterocycles. The van der Waals surface area contributed by atoms with Gasteiger partial charge in [0.25, 0.3) is 0 Å². The molecule has 1 aliphatic heterocycles. The van der Waals surface area contributed by atoms with E-state index in [9.17, 15) is 0 Å². The van der Waals surface area contributed by atoms with Gasteiger partial charge in [0.1, 0.15) is 11.6 Å². The van der Waals surface area contributed by atoms with Gasteiger partial charge in [0.2, 0.25) is 0 Å². The SMILES string of the molecule is CCCNc1cncc(N2CCOCC2)n1. The van der Waals surface area contributed by atoms with Gasteiger partial charge in [-0.2, -0.15) is 0 Å². The van der Waals surface area contributed by atoms with Gasteiger partial charge < -0.3 is 15.0 Å². The van der Waals surface area contributed by atoms with E-state index >= 15 is 0 Å². The van der Waals surface area contributed by atoms with Crippen LogP contribution in [0.15, 0.2) is 12.4 Å². The van der Waals surface area contributed by atoms with E-state index in [0.717, 1.165) is 50.9 Å². The Bertz CT molecular complexity index is 326. The number of nitrogens with zero attached hydrogens (tertiary/aromatic N) is 3. The molecule has 1 fully saturated rings. The number of hydrogen-bond acceptors (Lipinski definition) is 5. The van der Waals surface area contributed by atoms with Crippen molar-refractivity contribution in [2.75, 3.05) is 43.1 Å². The second-order valence-corrected chi connectivity index (χ2v) is 3.79. The van der Waals surface area contributed by atoms with E-state index in [1.54, 1.807) is 6.20 Å². The monoisotopic (exact) mass is 222 g/mol. The largest absolute Gasteiger partial charge is 0.378 e. The van der Waals surface area contributed by atoms with Gasteiger partial charge >= 0.3 is 0 Å². The zero-order valence-corrected chi connectivity index (χ0v) is 9.65.